The van der Waals surface area contributed by atoms with Crippen molar-refractivity contribution in [3.05, 3.63) is 68.7 Å². The minimum Gasteiger partial charge on any atom is -0.325 e. The van der Waals surface area contributed by atoms with Crippen LogP contribution < -0.4 is 5.32 Å². The van der Waals surface area contributed by atoms with Gasteiger partial charge in [0.15, 0.2) is 0 Å². The Morgan fingerprint density at radius 3 is 2.64 bits per heavy atom. The fraction of sp³-hybridized carbons (Fsp3) is 0.133. The molecule has 0 bridgehead atoms. The summed E-state index contributed by atoms with van der Waals surface area (Å²) in [4.78, 5) is 22.1. The third-order valence-electron chi connectivity index (χ3n) is 2.75. The molecule has 114 valence electrons. The van der Waals surface area contributed by atoms with Crippen LogP contribution >= 0.6 is 27.7 Å². The number of carbonyl (C=O) groups excluding carboxylic acids is 1. The molecule has 0 heterocycles. The number of rotatable bonds is 6. The number of nitro groups is 1. The summed E-state index contributed by atoms with van der Waals surface area (Å²) in [5.74, 6) is 0.742. The van der Waals surface area contributed by atoms with Crippen molar-refractivity contribution < 1.29 is 9.72 Å². The molecule has 0 spiro atoms. The summed E-state index contributed by atoms with van der Waals surface area (Å²) in [6.07, 6.45) is 0. The zero-order valence-corrected chi connectivity index (χ0v) is 13.9. The van der Waals surface area contributed by atoms with Gasteiger partial charge in [-0.2, -0.15) is 0 Å². The highest BCUT2D eigenvalue weighted by atomic mass is 79.9. The molecule has 0 aliphatic carbocycles. The van der Waals surface area contributed by atoms with E-state index in [0.717, 1.165) is 15.7 Å². The van der Waals surface area contributed by atoms with Crippen molar-refractivity contribution in [3.63, 3.8) is 0 Å². The van der Waals surface area contributed by atoms with E-state index in [2.05, 4.69) is 21.2 Å². The average molecular weight is 381 g/mol. The number of amides is 1. The fourth-order valence-electron chi connectivity index (χ4n) is 1.75. The van der Waals surface area contributed by atoms with E-state index in [0.29, 0.717) is 11.5 Å². The SMILES string of the molecule is O=C(CSCc1cccc([N+](=O)[O-])c1)Nc1ccc(Br)cc1. The van der Waals surface area contributed by atoms with Gasteiger partial charge in [-0.25, -0.2) is 0 Å². The van der Waals surface area contributed by atoms with E-state index in [1.807, 2.05) is 30.3 Å². The summed E-state index contributed by atoms with van der Waals surface area (Å²) in [5, 5.41) is 13.5. The molecular formula is C15H13BrN2O3S. The van der Waals surface area contributed by atoms with Crippen LogP contribution in [-0.2, 0) is 10.5 Å². The molecule has 0 unspecified atom stereocenters. The molecule has 0 aliphatic heterocycles. The van der Waals surface area contributed by atoms with Gasteiger partial charge >= 0.3 is 0 Å². The Morgan fingerprint density at radius 1 is 1.23 bits per heavy atom. The lowest BCUT2D eigenvalue weighted by atomic mass is 10.2. The van der Waals surface area contributed by atoms with Crippen molar-refractivity contribution in [2.75, 3.05) is 11.1 Å². The molecule has 5 nitrogen and oxygen atoms in total. The largest absolute Gasteiger partial charge is 0.325 e. The second kappa shape index (κ2) is 7.95. The first-order valence-corrected chi connectivity index (χ1v) is 8.36. The topological polar surface area (TPSA) is 72.2 Å². The second-order valence-corrected chi connectivity index (χ2v) is 6.38. The highest BCUT2D eigenvalue weighted by Gasteiger charge is 2.07. The summed E-state index contributed by atoms with van der Waals surface area (Å²) in [6.45, 7) is 0. The Kier molecular flexibility index (Phi) is 5.97. The standard InChI is InChI=1S/C15H13BrN2O3S/c16-12-4-6-13(7-5-12)17-15(19)10-22-9-11-2-1-3-14(8-11)18(20)21/h1-8H,9-10H2,(H,17,19). The van der Waals surface area contributed by atoms with Gasteiger partial charge in [0.2, 0.25) is 5.91 Å². The third kappa shape index (κ3) is 5.16. The molecule has 0 atom stereocenters. The monoisotopic (exact) mass is 380 g/mol. The van der Waals surface area contributed by atoms with Crippen LogP contribution in [0.5, 0.6) is 0 Å². The molecule has 0 fully saturated rings. The normalized spacial score (nSPS) is 10.2. The molecule has 0 saturated heterocycles. The number of nitrogens with zero attached hydrogens (tertiary/aromatic N) is 1. The van der Waals surface area contributed by atoms with Gasteiger partial charge in [-0.3, -0.25) is 14.9 Å². The molecule has 2 aromatic rings. The third-order valence-corrected chi connectivity index (χ3v) is 4.28. The molecule has 1 N–H and O–H groups in total. The Morgan fingerprint density at radius 2 is 1.95 bits per heavy atom. The molecule has 22 heavy (non-hydrogen) atoms. The van der Waals surface area contributed by atoms with Gasteiger partial charge in [0.25, 0.3) is 5.69 Å². The quantitative estimate of drug-likeness (QED) is 0.601. The number of nitro benzene ring substituents is 1. The number of carbonyl (C=O) groups is 1. The number of hydrogen-bond donors (Lipinski definition) is 1. The van der Waals surface area contributed by atoms with Crippen LogP contribution in [0.15, 0.2) is 53.0 Å². The first kappa shape index (κ1) is 16.5. The van der Waals surface area contributed by atoms with E-state index < -0.39 is 4.92 Å². The predicted octanol–water partition coefficient (Wildman–Crippen LogP) is 4.23. The Hall–Kier alpha value is -1.86. The first-order valence-electron chi connectivity index (χ1n) is 6.41. The minimum absolute atomic E-state index is 0.0671. The lowest BCUT2D eigenvalue weighted by Gasteiger charge is -2.05. The zero-order chi connectivity index (χ0) is 15.9. The van der Waals surface area contributed by atoms with Crippen molar-refractivity contribution in [1.82, 2.24) is 0 Å². The van der Waals surface area contributed by atoms with Gasteiger partial charge in [-0.15, -0.1) is 11.8 Å². The molecule has 0 aliphatic rings. The predicted molar refractivity (Wildman–Crippen MR) is 92.0 cm³/mol. The maximum atomic E-state index is 11.8. The van der Waals surface area contributed by atoms with E-state index in [1.165, 1.54) is 23.9 Å². The highest BCUT2D eigenvalue weighted by Crippen LogP contribution is 2.19. The number of nitrogens with one attached hydrogen (secondary N) is 1. The van der Waals surface area contributed by atoms with Crippen molar-refractivity contribution in [2.24, 2.45) is 0 Å². The lowest BCUT2D eigenvalue weighted by molar-refractivity contribution is -0.384. The van der Waals surface area contributed by atoms with Crippen LogP contribution in [0, 0.1) is 10.1 Å². The van der Waals surface area contributed by atoms with Crippen LogP contribution in [0.2, 0.25) is 0 Å². The molecular weight excluding hydrogens is 368 g/mol. The number of halogens is 1. The Bertz CT molecular complexity index is 677. The zero-order valence-electron chi connectivity index (χ0n) is 11.5. The number of anilines is 1. The van der Waals surface area contributed by atoms with Gasteiger partial charge in [-0.1, -0.05) is 28.1 Å². The average Bonchev–Trinajstić information content (AvgIpc) is 2.50. The van der Waals surface area contributed by atoms with E-state index in [-0.39, 0.29) is 11.6 Å². The Labute approximate surface area is 140 Å². The summed E-state index contributed by atoms with van der Waals surface area (Å²) in [5.41, 5.74) is 1.64. The smallest absolute Gasteiger partial charge is 0.269 e. The summed E-state index contributed by atoms with van der Waals surface area (Å²) in [7, 11) is 0. The molecule has 0 saturated carbocycles. The lowest BCUT2D eigenvalue weighted by Crippen LogP contribution is -2.14. The van der Waals surface area contributed by atoms with Crippen molar-refractivity contribution in [1.29, 1.82) is 0 Å². The highest BCUT2D eigenvalue weighted by molar-refractivity contribution is 9.10. The molecule has 2 rings (SSSR count). The number of hydrogen-bond acceptors (Lipinski definition) is 4. The van der Waals surface area contributed by atoms with E-state index in [9.17, 15) is 14.9 Å². The van der Waals surface area contributed by atoms with Crippen LogP contribution in [0.4, 0.5) is 11.4 Å². The molecule has 1 amide bonds. The van der Waals surface area contributed by atoms with Crippen LogP contribution in [0.1, 0.15) is 5.56 Å². The maximum Gasteiger partial charge on any atom is 0.269 e. The second-order valence-electron chi connectivity index (χ2n) is 4.47. The molecule has 0 aromatic heterocycles. The maximum absolute atomic E-state index is 11.8. The number of non-ortho nitro benzene ring substituents is 1. The summed E-state index contributed by atoms with van der Waals surface area (Å²) < 4.78 is 0.950. The summed E-state index contributed by atoms with van der Waals surface area (Å²) in [6, 6.07) is 13.8. The van der Waals surface area contributed by atoms with Gasteiger partial charge in [0.05, 0.1) is 10.7 Å². The van der Waals surface area contributed by atoms with Crippen molar-refractivity contribution in [2.45, 2.75) is 5.75 Å². The molecule has 2 aromatic carbocycles. The van der Waals surface area contributed by atoms with E-state index in [4.69, 9.17) is 0 Å². The van der Waals surface area contributed by atoms with Crippen molar-refractivity contribution >= 4 is 45.0 Å². The first-order chi connectivity index (χ1) is 10.5. The van der Waals surface area contributed by atoms with Crippen molar-refractivity contribution in [3.8, 4) is 0 Å². The summed E-state index contributed by atoms with van der Waals surface area (Å²) >= 11 is 4.74. The number of benzene rings is 2. The Balaban J connectivity index is 1.80. The van der Waals surface area contributed by atoms with Gasteiger partial charge < -0.3 is 5.32 Å². The van der Waals surface area contributed by atoms with Gasteiger partial charge in [0, 0.05) is 28.0 Å². The van der Waals surface area contributed by atoms with Crippen LogP contribution in [0.25, 0.3) is 0 Å². The minimum atomic E-state index is -0.422. The molecule has 7 heteroatoms. The molecule has 0 radical (unpaired) electrons. The fourth-order valence-corrected chi connectivity index (χ4v) is 2.79. The van der Waals surface area contributed by atoms with Gasteiger partial charge in [0.1, 0.15) is 0 Å². The van der Waals surface area contributed by atoms with Crippen LogP contribution in [-0.4, -0.2) is 16.6 Å². The number of thioether (sulfide) groups is 1. The van der Waals surface area contributed by atoms with Crippen LogP contribution in [0.3, 0.4) is 0 Å². The van der Waals surface area contributed by atoms with E-state index in [1.54, 1.807) is 6.07 Å². The van der Waals surface area contributed by atoms with E-state index >= 15 is 0 Å². The van der Waals surface area contributed by atoms with Gasteiger partial charge in [-0.05, 0) is 29.8 Å².